The minimum absolute atomic E-state index is 0.00439. The van der Waals surface area contributed by atoms with E-state index in [2.05, 4.69) is 37.3 Å². The number of hydrogen-bond donors (Lipinski definition) is 0. The summed E-state index contributed by atoms with van der Waals surface area (Å²) in [5.41, 5.74) is 6.82. The first-order valence-corrected chi connectivity index (χ1v) is 11.1. The van der Waals surface area contributed by atoms with E-state index in [0.29, 0.717) is 13.1 Å². The predicted molar refractivity (Wildman–Crippen MR) is 128 cm³/mol. The molecule has 2 heterocycles. The van der Waals surface area contributed by atoms with Crippen molar-refractivity contribution in [2.75, 3.05) is 20.2 Å². The summed E-state index contributed by atoms with van der Waals surface area (Å²) >= 11 is 0. The third kappa shape index (κ3) is 4.17. The molecule has 168 valence electrons. The van der Waals surface area contributed by atoms with E-state index < -0.39 is 0 Å². The van der Waals surface area contributed by atoms with Crippen molar-refractivity contribution in [3.05, 3.63) is 59.4 Å². The lowest BCUT2D eigenvalue weighted by Crippen LogP contribution is -2.47. The van der Waals surface area contributed by atoms with Gasteiger partial charge in [0.05, 0.1) is 25.6 Å². The molecule has 4 rings (SSSR count). The Morgan fingerprint density at radius 3 is 2.41 bits per heavy atom. The molecular formula is C27H31NO4. The second kappa shape index (κ2) is 8.83. The number of amides is 1. The van der Waals surface area contributed by atoms with Gasteiger partial charge in [-0.1, -0.05) is 29.8 Å². The van der Waals surface area contributed by atoms with Gasteiger partial charge in [-0.15, -0.1) is 0 Å². The number of furan rings is 1. The lowest BCUT2D eigenvalue weighted by Gasteiger charge is -2.34. The van der Waals surface area contributed by atoms with Gasteiger partial charge < -0.3 is 18.8 Å². The fourth-order valence-corrected chi connectivity index (χ4v) is 4.54. The Balaban J connectivity index is 1.77. The Morgan fingerprint density at radius 2 is 1.78 bits per heavy atom. The molecule has 3 aromatic rings. The number of carbonyl (C=O) groups excluding carboxylic acids is 1. The molecule has 0 saturated carbocycles. The van der Waals surface area contributed by atoms with Crippen LogP contribution in [0.25, 0.3) is 27.7 Å². The number of ether oxygens (including phenoxy) is 2. The van der Waals surface area contributed by atoms with Gasteiger partial charge in [0, 0.05) is 41.2 Å². The zero-order valence-electron chi connectivity index (χ0n) is 19.7. The van der Waals surface area contributed by atoms with Gasteiger partial charge in [-0.2, -0.15) is 0 Å². The summed E-state index contributed by atoms with van der Waals surface area (Å²) in [4.78, 5) is 14.9. The smallest absolute Gasteiger partial charge is 0.247 e. The number of rotatable bonds is 4. The normalized spacial score (nSPS) is 19.4. The molecule has 1 fully saturated rings. The molecule has 1 aliphatic rings. The van der Waals surface area contributed by atoms with Gasteiger partial charge in [0.15, 0.2) is 0 Å². The van der Waals surface area contributed by atoms with Crippen LogP contribution in [0.5, 0.6) is 5.75 Å². The van der Waals surface area contributed by atoms with Crippen LogP contribution in [-0.4, -0.2) is 43.2 Å². The molecule has 2 unspecified atom stereocenters. The molecular weight excluding hydrogens is 402 g/mol. The minimum atomic E-state index is -0.00439. The van der Waals surface area contributed by atoms with Crippen LogP contribution >= 0.6 is 0 Å². The topological polar surface area (TPSA) is 51.9 Å². The number of carbonyl (C=O) groups is 1. The van der Waals surface area contributed by atoms with Gasteiger partial charge in [-0.3, -0.25) is 4.79 Å². The fourth-order valence-electron chi connectivity index (χ4n) is 4.54. The third-order valence-electron chi connectivity index (χ3n) is 6.11. The SMILES string of the molecule is COc1c(/C(C)=C/C(=O)N2CC(C)OC(C)C2)cc2c(-c3ccc(C)cc3)coc2c1C. The number of aryl methyl sites for hydroxylation is 2. The number of nitrogens with zero attached hydrogens (tertiary/aromatic N) is 1. The minimum Gasteiger partial charge on any atom is -0.496 e. The number of allylic oxidation sites excluding steroid dienone is 1. The largest absolute Gasteiger partial charge is 0.496 e. The van der Waals surface area contributed by atoms with Crippen LogP contribution in [0.2, 0.25) is 0 Å². The Morgan fingerprint density at radius 1 is 1.12 bits per heavy atom. The maximum absolute atomic E-state index is 13.0. The summed E-state index contributed by atoms with van der Waals surface area (Å²) in [7, 11) is 1.65. The number of hydrogen-bond acceptors (Lipinski definition) is 4. The van der Waals surface area contributed by atoms with Gasteiger partial charge >= 0.3 is 0 Å². The van der Waals surface area contributed by atoms with Crippen molar-refractivity contribution in [3.63, 3.8) is 0 Å². The molecule has 2 aromatic carbocycles. The van der Waals surface area contributed by atoms with Crippen molar-refractivity contribution in [2.45, 2.75) is 46.8 Å². The quantitative estimate of drug-likeness (QED) is 0.491. The Bertz CT molecular complexity index is 1160. The number of fused-ring (bicyclic) bond motifs is 1. The van der Waals surface area contributed by atoms with E-state index in [4.69, 9.17) is 13.9 Å². The Kier molecular flexibility index (Phi) is 6.11. The summed E-state index contributed by atoms with van der Waals surface area (Å²) in [6.07, 6.45) is 3.58. The molecule has 0 bridgehead atoms. The van der Waals surface area contributed by atoms with Crippen molar-refractivity contribution in [1.29, 1.82) is 0 Å². The van der Waals surface area contributed by atoms with Crippen molar-refractivity contribution >= 4 is 22.4 Å². The van der Waals surface area contributed by atoms with E-state index in [9.17, 15) is 4.79 Å². The van der Waals surface area contributed by atoms with Crippen molar-refractivity contribution in [1.82, 2.24) is 4.90 Å². The Hall–Kier alpha value is -3.05. The summed E-state index contributed by atoms with van der Waals surface area (Å²) < 4.78 is 17.5. The summed E-state index contributed by atoms with van der Waals surface area (Å²) in [5, 5.41) is 1.01. The highest BCUT2D eigenvalue weighted by atomic mass is 16.5. The lowest BCUT2D eigenvalue weighted by atomic mass is 9.96. The molecule has 5 heteroatoms. The first kappa shape index (κ1) is 22.2. The van der Waals surface area contributed by atoms with Crippen molar-refractivity contribution < 1.29 is 18.7 Å². The van der Waals surface area contributed by atoms with Crippen LogP contribution in [0.15, 0.2) is 47.1 Å². The molecule has 0 spiro atoms. The zero-order chi connectivity index (χ0) is 23.0. The first-order valence-electron chi connectivity index (χ1n) is 11.1. The average molecular weight is 434 g/mol. The highest BCUT2D eigenvalue weighted by molar-refractivity contribution is 6.01. The second-order valence-electron chi connectivity index (χ2n) is 8.80. The van der Waals surface area contributed by atoms with E-state index >= 15 is 0 Å². The van der Waals surface area contributed by atoms with Gasteiger partial charge in [-0.25, -0.2) is 0 Å². The van der Waals surface area contributed by atoms with Gasteiger partial charge in [0.2, 0.25) is 5.91 Å². The van der Waals surface area contributed by atoms with E-state index in [0.717, 1.165) is 44.5 Å². The predicted octanol–water partition coefficient (Wildman–Crippen LogP) is 5.76. The zero-order valence-corrected chi connectivity index (χ0v) is 19.7. The van der Waals surface area contributed by atoms with E-state index in [-0.39, 0.29) is 18.1 Å². The third-order valence-corrected chi connectivity index (χ3v) is 6.11. The molecule has 32 heavy (non-hydrogen) atoms. The number of benzene rings is 2. The van der Waals surface area contributed by atoms with E-state index in [1.165, 1.54) is 5.56 Å². The van der Waals surface area contributed by atoms with Crippen LogP contribution in [-0.2, 0) is 9.53 Å². The second-order valence-corrected chi connectivity index (χ2v) is 8.80. The average Bonchev–Trinajstić information content (AvgIpc) is 3.17. The number of methoxy groups -OCH3 is 1. The van der Waals surface area contributed by atoms with Crippen LogP contribution in [0.3, 0.4) is 0 Å². The van der Waals surface area contributed by atoms with Gasteiger partial charge in [-0.05, 0) is 51.8 Å². The van der Waals surface area contributed by atoms with Crippen molar-refractivity contribution in [3.8, 4) is 16.9 Å². The molecule has 2 atom stereocenters. The molecule has 1 amide bonds. The number of morpholine rings is 1. The van der Waals surface area contributed by atoms with E-state index in [1.54, 1.807) is 19.4 Å². The summed E-state index contributed by atoms with van der Waals surface area (Å²) in [6.45, 7) is 11.2. The fraction of sp³-hybridized carbons (Fsp3) is 0.370. The van der Waals surface area contributed by atoms with Crippen LogP contribution in [0.4, 0.5) is 0 Å². The van der Waals surface area contributed by atoms with Crippen LogP contribution in [0, 0.1) is 13.8 Å². The highest BCUT2D eigenvalue weighted by Gasteiger charge is 2.25. The summed E-state index contributed by atoms with van der Waals surface area (Å²) in [6, 6.07) is 10.5. The van der Waals surface area contributed by atoms with Gasteiger partial charge in [0.25, 0.3) is 0 Å². The van der Waals surface area contributed by atoms with Crippen LogP contribution in [0.1, 0.15) is 37.5 Å². The van der Waals surface area contributed by atoms with Gasteiger partial charge in [0.1, 0.15) is 11.3 Å². The first-order chi connectivity index (χ1) is 15.3. The molecule has 1 aliphatic heterocycles. The van der Waals surface area contributed by atoms with Crippen LogP contribution < -0.4 is 4.74 Å². The molecule has 0 aliphatic carbocycles. The molecule has 0 N–H and O–H groups in total. The molecule has 5 nitrogen and oxygen atoms in total. The van der Waals surface area contributed by atoms with Crippen molar-refractivity contribution in [2.24, 2.45) is 0 Å². The highest BCUT2D eigenvalue weighted by Crippen LogP contribution is 2.40. The summed E-state index contributed by atoms with van der Waals surface area (Å²) in [5.74, 6) is 0.725. The molecule has 0 radical (unpaired) electrons. The van der Waals surface area contributed by atoms with E-state index in [1.807, 2.05) is 32.6 Å². The maximum atomic E-state index is 13.0. The molecule has 1 aromatic heterocycles. The monoisotopic (exact) mass is 433 g/mol. The lowest BCUT2D eigenvalue weighted by molar-refractivity contribution is -0.137. The molecule has 1 saturated heterocycles. The standard InChI is InChI=1S/C27H31NO4/c1-16-7-9-21(10-8-16)24-15-31-27-20(5)26(30-6)22(12-23(24)27)17(2)11-25(29)28-13-18(3)32-19(4)14-28/h7-12,15,18-19H,13-14H2,1-6H3/b17-11+. The Labute approximate surface area is 189 Å². The maximum Gasteiger partial charge on any atom is 0.247 e.